The molecular formula is C29H33N5O2. The van der Waals surface area contributed by atoms with Crippen molar-refractivity contribution in [3.05, 3.63) is 95.6 Å². The van der Waals surface area contributed by atoms with Crippen molar-refractivity contribution in [1.82, 2.24) is 16.0 Å². The molecule has 3 aromatic carbocycles. The number of nitrogen functional groups attached to an aromatic ring is 1. The largest absolute Gasteiger partial charge is 0.384 e. The van der Waals surface area contributed by atoms with E-state index in [0.29, 0.717) is 18.5 Å². The third-order valence-corrected chi connectivity index (χ3v) is 6.67. The van der Waals surface area contributed by atoms with Crippen molar-refractivity contribution < 1.29 is 9.59 Å². The van der Waals surface area contributed by atoms with E-state index in [0.717, 1.165) is 18.5 Å². The van der Waals surface area contributed by atoms with Crippen molar-refractivity contribution in [3.8, 4) is 11.1 Å². The molecule has 7 nitrogen and oxygen atoms in total. The Morgan fingerprint density at radius 2 is 1.75 bits per heavy atom. The summed E-state index contributed by atoms with van der Waals surface area (Å²) in [5.74, 6) is -0.133. The standard InChI is InChI=1S/C29H33N5O2/c1-19(28(35)33-18-20-10-12-22(13-11-20)27(30)31)34-29(36)26-17-25(14-15-32-26)24-9-5-8-23(16-24)21-6-3-2-4-7-21/h2-13,16,19,25-26,32H,14-15,17-18H2,1H3,(H3,30,31)(H,33,35)(H,34,36)/t19?,25-,26+/m0/s1. The molecule has 0 radical (unpaired) electrons. The van der Waals surface area contributed by atoms with Gasteiger partial charge in [-0.3, -0.25) is 15.0 Å². The van der Waals surface area contributed by atoms with E-state index in [4.69, 9.17) is 11.1 Å². The van der Waals surface area contributed by atoms with Gasteiger partial charge in [-0.2, -0.15) is 0 Å². The smallest absolute Gasteiger partial charge is 0.242 e. The molecule has 7 heteroatoms. The number of amidine groups is 1. The van der Waals surface area contributed by atoms with Gasteiger partial charge in [-0.05, 0) is 54.5 Å². The topological polar surface area (TPSA) is 120 Å². The van der Waals surface area contributed by atoms with Gasteiger partial charge in [-0.1, -0.05) is 78.9 Å². The maximum atomic E-state index is 13.0. The van der Waals surface area contributed by atoms with Crippen LogP contribution in [0, 0.1) is 5.41 Å². The average molecular weight is 484 g/mol. The van der Waals surface area contributed by atoms with Crippen molar-refractivity contribution in [2.75, 3.05) is 6.54 Å². The first kappa shape index (κ1) is 25.1. The molecule has 1 unspecified atom stereocenters. The van der Waals surface area contributed by atoms with Crippen LogP contribution in [0.3, 0.4) is 0 Å². The van der Waals surface area contributed by atoms with E-state index >= 15 is 0 Å². The zero-order chi connectivity index (χ0) is 25.5. The van der Waals surface area contributed by atoms with Crippen LogP contribution in [0.4, 0.5) is 0 Å². The van der Waals surface area contributed by atoms with Crippen LogP contribution in [0.2, 0.25) is 0 Å². The van der Waals surface area contributed by atoms with Gasteiger partial charge in [-0.25, -0.2) is 0 Å². The summed E-state index contributed by atoms with van der Waals surface area (Å²) in [6.45, 7) is 2.77. The minimum Gasteiger partial charge on any atom is -0.384 e. The molecule has 186 valence electrons. The Bertz CT molecular complexity index is 1210. The number of amides is 2. The second-order valence-electron chi connectivity index (χ2n) is 9.28. The molecule has 1 aliphatic rings. The Morgan fingerprint density at radius 3 is 2.47 bits per heavy atom. The average Bonchev–Trinajstić information content (AvgIpc) is 2.92. The van der Waals surface area contributed by atoms with Gasteiger partial charge in [-0.15, -0.1) is 0 Å². The van der Waals surface area contributed by atoms with E-state index in [-0.39, 0.29) is 29.6 Å². The lowest BCUT2D eigenvalue weighted by molar-refractivity contribution is -0.130. The lowest BCUT2D eigenvalue weighted by atomic mass is 9.85. The van der Waals surface area contributed by atoms with Crippen LogP contribution in [0.5, 0.6) is 0 Å². The summed E-state index contributed by atoms with van der Waals surface area (Å²) in [6.07, 6.45) is 1.64. The minimum atomic E-state index is -0.655. The number of nitrogens with one attached hydrogen (secondary N) is 4. The summed E-state index contributed by atoms with van der Waals surface area (Å²) in [5, 5.41) is 16.5. The summed E-state index contributed by atoms with van der Waals surface area (Å²) >= 11 is 0. The highest BCUT2D eigenvalue weighted by Crippen LogP contribution is 2.31. The summed E-state index contributed by atoms with van der Waals surface area (Å²) in [6, 6.07) is 25.0. The predicted octanol–water partition coefficient (Wildman–Crippen LogP) is 3.29. The molecule has 0 aliphatic carbocycles. The van der Waals surface area contributed by atoms with Crippen LogP contribution in [0.15, 0.2) is 78.9 Å². The number of benzene rings is 3. The van der Waals surface area contributed by atoms with Crippen molar-refractivity contribution in [2.24, 2.45) is 5.73 Å². The fourth-order valence-corrected chi connectivity index (χ4v) is 4.55. The zero-order valence-electron chi connectivity index (χ0n) is 20.5. The van der Waals surface area contributed by atoms with E-state index < -0.39 is 6.04 Å². The lowest BCUT2D eigenvalue weighted by Crippen LogP contribution is -2.53. The van der Waals surface area contributed by atoms with Crippen molar-refractivity contribution in [2.45, 2.75) is 44.3 Å². The third kappa shape index (κ3) is 6.37. The van der Waals surface area contributed by atoms with Crippen LogP contribution in [-0.2, 0) is 16.1 Å². The first-order valence-electron chi connectivity index (χ1n) is 12.3. The molecule has 0 bridgehead atoms. The quantitative estimate of drug-likeness (QED) is 0.249. The van der Waals surface area contributed by atoms with Crippen LogP contribution in [-0.4, -0.2) is 36.3 Å². The number of hydrogen-bond donors (Lipinski definition) is 5. The van der Waals surface area contributed by atoms with Crippen LogP contribution in [0.1, 0.15) is 42.4 Å². The monoisotopic (exact) mass is 483 g/mol. The molecule has 0 aromatic heterocycles. The van der Waals surface area contributed by atoms with E-state index in [1.165, 1.54) is 16.7 Å². The van der Waals surface area contributed by atoms with Gasteiger partial charge in [0.05, 0.1) is 6.04 Å². The predicted molar refractivity (Wildman–Crippen MR) is 143 cm³/mol. The number of piperidine rings is 1. The van der Waals surface area contributed by atoms with Crippen LogP contribution in [0.25, 0.3) is 11.1 Å². The lowest BCUT2D eigenvalue weighted by Gasteiger charge is -2.30. The third-order valence-electron chi connectivity index (χ3n) is 6.67. The van der Waals surface area contributed by atoms with Gasteiger partial charge in [0.1, 0.15) is 11.9 Å². The summed E-state index contributed by atoms with van der Waals surface area (Å²) in [4.78, 5) is 25.5. The number of carbonyl (C=O) groups excluding carboxylic acids is 2. The van der Waals surface area contributed by atoms with Gasteiger partial charge in [0, 0.05) is 12.1 Å². The molecule has 2 amide bonds. The van der Waals surface area contributed by atoms with Crippen molar-refractivity contribution in [1.29, 1.82) is 5.41 Å². The Morgan fingerprint density at radius 1 is 1.03 bits per heavy atom. The Kier molecular flexibility index (Phi) is 8.13. The normalized spacial score (nSPS) is 18.1. The van der Waals surface area contributed by atoms with Gasteiger partial charge in [0.25, 0.3) is 0 Å². The highest BCUT2D eigenvalue weighted by Gasteiger charge is 2.29. The van der Waals surface area contributed by atoms with Gasteiger partial charge in [0.15, 0.2) is 0 Å². The summed E-state index contributed by atoms with van der Waals surface area (Å²) in [7, 11) is 0. The second-order valence-corrected chi connectivity index (χ2v) is 9.28. The molecule has 1 aliphatic heterocycles. The molecule has 3 atom stereocenters. The summed E-state index contributed by atoms with van der Waals surface area (Å²) < 4.78 is 0. The zero-order valence-corrected chi connectivity index (χ0v) is 20.5. The fraction of sp³-hybridized carbons (Fsp3) is 0.276. The van der Waals surface area contributed by atoms with Crippen molar-refractivity contribution >= 4 is 17.6 Å². The molecule has 1 saturated heterocycles. The molecule has 6 N–H and O–H groups in total. The molecule has 1 fully saturated rings. The molecule has 36 heavy (non-hydrogen) atoms. The van der Waals surface area contributed by atoms with Gasteiger partial charge >= 0.3 is 0 Å². The Labute approximate surface area is 212 Å². The minimum absolute atomic E-state index is 0.00406. The molecule has 4 rings (SSSR count). The SMILES string of the molecule is CC(NC(=O)[C@H]1C[C@@H](c2cccc(-c3ccccc3)c2)CCN1)C(=O)NCc1ccc(C(=N)N)cc1. The maximum absolute atomic E-state index is 13.0. The van der Waals surface area contributed by atoms with Crippen molar-refractivity contribution in [3.63, 3.8) is 0 Å². The Hall–Kier alpha value is -3.97. The first-order chi connectivity index (χ1) is 17.4. The van der Waals surface area contributed by atoms with E-state index in [1.54, 1.807) is 19.1 Å². The van der Waals surface area contributed by atoms with Gasteiger partial charge < -0.3 is 21.7 Å². The summed E-state index contributed by atoms with van der Waals surface area (Å²) in [5.41, 5.74) is 10.6. The molecule has 3 aromatic rings. The molecule has 0 spiro atoms. The maximum Gasteiger partial charge on any atom is 0.242 e. The first-order valence-corrected chi connectivity index (χ1v) is 12.3. The van der Waals surface area contributed by atoms with Gasteiger partial charge in [0.2, 0.25) is 11.8 Å². The number of hydrogen-bond acceptors (Lipinski definition) is 4. The Balaban J connectivity index is 1.31. The second kappa shape index (κ2) is 11.6. The van der Waals surface area contributed by atoms with Crippen LogP contribution < -0.4 is 21.7 Å². The number of nitrogens with two attached hydrogens (primary N) is 1. The van der Waals surface area contributed by atoms with E-state index in [1.807, 2.05) is 30.3 Å². The molecule has 0 saturated carbocycles. The highest BCUT2D eigenvalue weighted by atomic mass is 16.2. The number of rotatable bonds is 8. The fourth-order valence-electron chi connectivity index (χ4n) is 4.55. The number of carbonyl (C=O) groups is 2. The van der Waals surface area contributed by atoms with E-state index in [2.05, 4.69) is 52.3 Å². The molecule has 1 heterocycles. The van der Waals surface area contributed by atoms with E-state index in [9.17, 15) is 9.59 Å². The molecular weight excluding hydrogens is 450 g/mol. The van der Waals surface area contributed by atoms with Crippen LogP contribution >= 0.6 is 0 Å². The highest BCUT2D eigenvalue weighted by molar-refractivity contribution is 5.95.